The smallest absolute Gasteiger partial charge is 0.107 e. The summed E-state index contributed by atoms with van der Waals surface area (Å²) in [4.78, 5) is 5.92. The average Bonchev–Trinajstić information content (AvgIpc) is 3.03. The molecule has 0 fully saturated rings. The van der Waals surface area contributed by atoms with Crippen molar-refractivity contribution in [2.45, 2.75) is 17.2 Å². The number of rotatable bonds is 6. The van der Waals surface area contributed by atoms with Gasteiger partial charge in [-0.2, -0.15) is 0 Å². The third kappa shape index (κ3) is 4.36. The quantitative estimate of drug-likeness (QED) is 0.589. The summed E-state index contributed by atoms with van der Waals surface area (Å²) in [7, 11) is 1.93. The number of halogens is 1. The summed E-state index contributed by atoms with van der Waals surface area (Å²) in [6.07, 6.45) is 0. The standard InChI is InChI=1S/C18H17ClN2S2/c1-20-10-18-21-16(12-23-18)15-9-14(19)7-8-17(15)22-11-13-5-3-2-4-6-13/h2-9,12,20H,10-11H2,1H3. The Morgan fingerprint density at radius 3 is 2.78 bits per heavy atom. The molecule has 118 valence electrons. The van der Waals surface area contributed by atoms with E-state index in [-0.39, 0.29) is 0 Å². The van der Waals surface area contributed by atoms with Crippen molar-refractivity contribution in [2.75, 3.05) is 7.05 Å². The van der Waals surface area contributed by atoms with Crippen LogP contribution < -0.4 is 5.32 Å². The fourth-order valence-corrected chi connectivity index (χ4v) is 4.21. The Morgan fingerprint density at radius 2 is 2.00 bits per heavy atom. The summed E-state index contributed by atoms with van der Waals surface area (Å²) in [5, 5.41) is 7.07. The van der Waals surface area contributed by atoms with Gasteiger partial charge < -0.3 is 5.32 Å². The minimum Gasteiger partial charge on any atom is -0.314 e. The molecular formula is C18H17ClN2S2. The van der Waals surface area contributed by atoms with Gasteiger partial charge in [0.1, 0.15) is 5.01 Å². The van der Waals surface area contributed by atoms with Crippen molar-refractivity contribution in [1.29, 1.82) is 0 Å². The number of nitrogens with one attached hydrogen (secondary N) is 1. The zero-order valence-corrected chi connectivity index (χ0v) is 15.1. The zero-order valence-electron chi connectivity index (χ0n) is 12.8. The number of aromatic nitrogens is 1. The SMILES string of the molecule is CNCc1nc(-c2cc(Cl)ccc2SCc2ccccc2)cs1. The lowest BCUT2D eigenvalue weighted by Crippen LogP contribution is -2.04. The van der Waals surface area contributed by atoms with E-state index in [0.29, 0.717) is 0 Å². The highest BCUT2D eigenvalue weighted by Crippen LogP contribution is 2.35. The van der Waals surface area contributed by atoms with E-state index in [1.54, 1.807) is 11.3 Å². The molecule has 1 aromatic heterocycles. The zero-order chi connectivity index (χ0) is 16.1. The number of hydrogen-bond acceptors (Lipinski definition) is 4. The van der Waals surface area contributed by atoms with E-state index in [2.05, 4.69) is 41.0 Å². The van der Waals surface area contributed by atoms with E-state index >= 15 is 0 Å². The summed E-state index contributed by atoms with van der Waals surface area (Å²) >= 11 is 9.69. The summed E-state index contributed by atoms with van der Waals surface area (Å²) in [6.45, 7) is 0.789. The predicted octanol–water partition coefficient (Wildman–Crippen LogP) is 5.48. The minimum absolute atomic E-state index is 0.743. The Hall–Kier alpha value is -1.33. The number of nitrogens with zero attached hydrogens (tertiary/aromatic N) is 1. The molecule has 2 nitrogen and oxygen atoms in total. The molecule has 3 rings (SSSR count). The maximum absolute atomic E-state index is 6.21. The van der Waals surface area contributed by atoms with Gasteiger partial charge in [-0.25, -0.2) is 4.98 Å². The van der Waals surface area contributed by atoms with Crippen molar-refractivity contribution >= 4 is 34.7 Å². The molecule has 23 heavy (non-hydrogen) atoms. The van der Waals surface area contributed by atoms with Crippen molar-refractivity contribution in [1.82, 2.24) is 10.3 Å². The molecule has 0 saturated heterocycles. The van der Waals surface area contributed by atoms with Gasteiger partial charge in [0.2, 0.25) is 0 Å². The van der Waals surface area contributed by atoms with Crippen LogP contribution >= 0.6 is 34.7 Å². The number of thiazole rings is 1. The average molecular weight is 361 g/mol. The first kappa shape index (κ1) is 16.5. The maximum atomic E-state index is 6.21. The van der Waals surface area contributed by atoms with Crippen LogP contribution in [0.5, 0.6) is 0 Å². The van der Waals surface area contributed by atoms with E-state index in [1.165, 1.54) is 10.5 Å². The largest absolute Gasteiger partial charge is 0.314 e. The molecule has 0 atom stereocenters. The molecule has 1 heterocycles. The van der Waals surface area contributed by atoms with Crippen LogP contribution in [0.1, 0.15) is 10.6 Å². The van der Waals surface area contributed by atoms with Gasteiger partial charge in [0, 0.05) is 33.2 Å². The van der Waals surface area contributed by atoms with E-state index in [4.69, 9.17) is 16.6 Å². The monoisotopic (exact) mass is 360 g/mol. The summed E-state index contributed by atoms with van der Waals surface area (Å²) < 4.78 is 0. The number of hydrogen-bond donors (Lipinski definition) is 1. The first-order valence-electron chi connectivity index (χ1n) is 7.32. The van der Waals surface area contributed by atoms with Crippen LogP contribution in [0.25, 0.3) is 11.3 Å². The lowest BCUT2D eigenvalue weighted by Gasteiger charge is -2.08. The highest BCUT2D eigenvalue weighted by Gasteiger charge is 2.11. The molecule has 0 aliphatic rings. The molecule has 0 aliphatic heterocycles. The summed E-state index contributed by atoms with van der Waals surface area (Å²) in [5.74, 6) is 0.934. The molecule has 0 bridgehead atoms. The molecule has 0 unspecified atom stereocenters. The van der Waals surface area contributed by atoms with Gasteiger partial charge in [-0.3, -0.25) is 0 Å². The summed E-state index contributed by atoms with van der Waals surface area (Å²) in [6, 6.07) is 16.5. The van der Waals surface area contributed by atoms with E-state index < -0.39 is 0 Å². The molecule has 5 heteroatoms. The van der Waals surface area contributed by atoms with Crippen molar-refractivity contribution in [2.24, 2.45) is 0 Å². The van der Waals surface area contributed by atoms with Gasteiger partial charge in [-0.05, 0) is 30.8 Å². The van der Waals surface area contributed by atoms with Crippen molar-refractivity contribution in [3.8, 4) is 11.3 Å². The highest BCUT2D eigenvalue weighted by molar-refractivity contribution is 7.98. The Morgan fingerprint density at radius 1 is 1.17 bits per heavy atom. The van der Waals surface area contributed by atoms with Crippen molar-refractivity contribution < 1.29 is 0 Å². The molecule has 0 radical (unpaired) electrons. The van der Waals surface area contributed by atoms with Crippen LogP contribution in [0.4, 0.5) is 0 Å². The van der Waals surface area contributed by atoms with Crippen LogP contribution in [0.15, 0.2) is 58.8 Å². The Bertz CT molecular complexity index is 772. The predicted molar refractivity (Wildman–Crippen MR) is 101 cm³/mol. The van der Waals surface area contributed by atoms with Crippen LogP contribution in [0.2, 0.25) is 5.02 Å². The van der Waals surface area contributed by atoms with Crippen molar-refractivity contribution in [3.05, 3.63) is 69.5 Å². The topological polar surface area (TPSA) is 24.9 Å². The molecule has 0 saturated carbocycles. The third-order valence-electron chi connectivity index (χ3n) is 3.33. The van der Waals surface area contributed by atoms with Gasteiger partial charge >= 0.3 is 0 Å². The molecule has 0 amide bonds. The Balaban J connectivity index is 1.85. The van der Waals surface area contributed by atoms with Gasteiger partial charge in [-0.1, -0.05) is 41.9 Å². The van der Waals surface area contributed by atoms with Gasteiger partial charge in [0.05, 0.1) is 5.69 Å². The molecular weight excluding hydrogens is 344 g/mol. The van der Waals surface area contributed by atoms with E-state index in [9.17, 15) is 0 Å². The fraction of sp³-hybridized carbons (Fsp3) is 0.167. The molecule has 3 aromatic rings. The normalized spacial score (nSPS) is 10.9. The van der Waals surface area contributed by atoms with Gasteiger partial charge in [0.25, 0.3) is 0 Å². The molecule has 2 aromatic carbocycles. The maximum Gasteiger partial charge on any atom is 0.107 e. The van der Waals surface area contributed by atoms with Gasteiger partial charge in [0.15, 0.2) is 0 Å². The second-order valence-corrected chi connectivity index (χ2v) is 7.47. The van der Waals surface area contributed by atoms with Crippen LogP contribution in [-0.4, -0.2) is 12.0 Å². The molecule has 0 aliphatic carbocycles. The van der Waals surface area contributed by atoms with Gasteiger partial charge in [-0.15, -0.1) is 23.1 Å². The molecule has 1 N–H and O–H groups in total. The van der Waals surface area contributed by atoms with Crippen molar-refractivity contribution in [3.63, 3.8) is 0 Å². The Kier molecular flexibility index (Phi) is 5.73. The fourth-order valence-electron chi connectivity index (χ4n) is 2.23. The lowest BCUT2D eigenvalue weighted by molar-refractivity contribution is 0.810. The lowest BCUT2D eigenvalue weighted by atomic mass is 10.2. The van der Waals surface area contributed by atoms with Crippen LogP contribution in [-0.2, 0) is 12.3 Å². The molecule has 0 spiro atoms. The number of thioether (sulfide) groups is 1. The second kappa shape index (κ2) is 7.97. The summed E-state index contributed by atoms with van der Waals surface area (Å²) in [5.41, 5.74) is 3.42. The van der Waals surface area contributed by atoms with E-state index in [1.807, 2.05) is 37.0 Å². The minimum atomic E-state index is 0.743. The van der Waals surface area contributed by atoms with Crippen LogP contribution in [0.3, 0.4) is 0 Å². The second-order valence-electron chi connectivity index (χ2n) is 5.07. The Labute approximate surface area is 149 Å². The van der Waals surface area contributed by atoms with Crippen LogP contribution in [0, 0.1) is 0 Å². The highest BCUT2D eigenvalue weighted by atomic mass is 35.5. The number of benzene rings is 2. The first-order chi connectivity index (χ1) is 11.3. The third-order valence-corrected chi connectivity index (χ3v) is 5.56. The first-order valence-corrected chi connectivity index (χ1v) is 9.56. The van der Waals surface area contributed by atoms with E-state index in [0.717, 1.165) is 33.6 Å².